The smallest absolute Gasteiger partial charge is 0.182 e. The van der Waals surface area contributed by atoms with E-state index in [9.17, 15) is 0 Å². The molecule has 0 spiro atoms. The first-order chi connectivity index (χ1) is 25.8. The number of rotatable bonds is 5. The highest BCUT2D eigenvalue weighted by molar-refractivity contribution is 6.28. The normalized spacial score (nSPS) is 11.5. The van der Waals surface area contributed by atoms with Crippen molar-refractivity contribution in [2.75, 3.05) is 0 Å². The molecule has 0 amide bonds. The molecule has 0 aliphatic rings. The van der Waals surface area contributed by atoms with Crippen LogP contribution in [-0.2, 0) is 0 Å². The quantitative estimate of drug-likeness (QED) is 0.171. The van der Waals surface area contributed by atoms with Gasteiger partial charge in [-0.25, -0.2) is 15.0 Å². The third-order valence-corrected chi connectivity index (χ3v) is 9.84. The fraction of sp³-hybridized carbons (Fsp3) is 0. The van der Waals surface area contributed by atoms with Crippen molar-refractivity contribution in [3.8, 4) is 56.7 Å². The second kappa shape index (κ2) is 12.3. The van der Waals surface area contributed by atoms with Crippen LogP contribution in [0.5, 0.6) is 0 Å². The molecule has 0 aliphatic heterocycles. The third-order valence-electron chi connectivity index (χ3n) is 9.84. The summed E-state index contributed by atoms with van der Waals surface area (Å²) in [5.41, 5.74) is 6.76. The molecule has 3 heterocycles. The van der Waals surface area contributed by atoms with Crippen molar-refractivity contribution in [2.45, 2.75) is 0 Å². The van der Waals surface area contributed by atoms with Crippen molar-refractivity contribution in [2.24, 2.45) is 0 Å². The molecule has 5 heteroatoms. The third kappa shape index (κ3) is 4.98. The molecule has 0 N–H and O–H groups in total. The van der Waals surface area contributed by atoms with Gasteiger partial charge in [0, 0.05) is 18.0 Å². The van der Waals surface area contributed by atoms with E-state index in [0.29, 0.717) is 28.9 Å². The lowest BCUT2D eigenvalue weighted by Gasteiger charge is -2.18. The Morgan fingerprint density at radius 3 is 1.46 bits per heavy atom. The molecule has 5 nitrogen and oxygen atoms in total. The maximum Gasteiger partial charge on any atom is 0.182 e. The maximum atomic E-state index is 5.01. The van der Waals surface area contributed by atoms with Crippen LogP contribution < -0.4 is 0 Å². The Morgan fingerprint density at radius 2 is 0.808 bits per heavy atom. The van der Waals surface area contributed by atoms with E-state index in [0.717, 1.165) is 22.3 Å². The molecule has 0 atom stereocenters. The fourth-order valence-corrected chi connectivity index (χ4v) is 7.51. The number of hydrogen-bond acceptors (Lipinski definition) is 5. The van der Waals surface area contributed by atoms with Crippen LogP contribution in [0.1, 0.15) is 0 Å². The first-order valence-electron chi connectivity index (χ1n) is 17.3. The van der Waals surface area contributed by atoms with Gasteiger partial charge >= 0.3 is 0 Å². The largest absolute Gasteiger partial charge is 0.253 e. The molecule has 0 saturated carbocycles. The summed E-state index contributed by atoms with van der Waals surface area (Å²) in [5.74, 6) is 1.54. The van der Waals surface area contributed by atoms with E-state index in [-0.39, 0.29) is 0 Å². The van der Waals surface area contributed by atoms with Gasteiger partial charge in [-0.1, -0.05) is 133 Å². The molecule has 7 aromatic carbocycles. The summed E-state index contributed by atoms with van der Waals surface area (Å²) in [6, 6.07) is 57.4. The van der Waals surface area contributed by atoms with E-state index in [1.54, 1.807) is 12.4 Å². The van der Waals surface area contributed by atoms with Gasteiger partial charge in [0.15, 0.2) is 17.5 Å². The van der Waals surface area contributed by atoms with E-state index < -0.39 is 0 Å². The molecule has 0 aliphatic carbocycles. The highest BCUT2D eigenvalue weighted by Gasteiger charge is 2.19. The van der Waals surface area contributed by atoms with Crippen LogP contribution in [-0.4, -0.2) is 24.9 Å². The van der Waals surface area contributed by atoms with Crippen LogP contribution in [0.3, 0.4) is 0 Å². The van der Waals surface area contributed by atoms with Crippen LogP contribution in [0.4, 0.5) is 0 Å². The predicted molar refractivity (Wildman–Crippen MR) is 213 cm³/mol. The Balaban J connectivity index is 1.28. The SMILES string of the molecule is c1ccc(-c2nc(-c3ccc(-c4cccc5c6ccccc6c6ccccc6c45)c(-c4cccc5ccccc45)c3)nc(-c3ccccn3)n2)nc1. The molecular weight excluding hydrogens is 635 g/mol. The highest BCUT2D eigenvalue weighted by Crippen LogP contribution is 2.45. The summed E-state index contributed by atoms with van der Waals surface area (Å²) in [5, 5.41) is 9.81. The van der Waals surface area contributed by atoms with E-state index in [2.05, 4.69) is 137 Å². The lowest BCUT2D eigenvalue weighted by atomic mass is 9.85. The minimum atomic E-state index is 0.495. The number of benzene rings is 7. The lowest BCUT2D eigenvalue weighted by molar-refractivity contribution is 1.05. The molecule has 0 fully saturated rings. The number of nitrogens with zero attached hydrogens (tertiary/aromatic N) is 5. The van der Waals surface area contributed by atoms with Crippen LogP contribution in [0, 0.1) is 0 Å². The second-order valence-electron chi connectivity index (χ2n) is 12.8. The molecule has 0 unspecified atom stereocenters. The number of fused-ring (bicyclic) bond motifs is 7. The first kappa shape index (κ1) is 29.8. The Labute approximate surface area is 300 Å². The zero-order valence-electron chi connectivity index (χ0n) is 28.0. The average Bonchev–Trinajstić information content (AvgIpc) is 3.23. The first-order valence-corrected chi connectivity index (χ1v) is 17.3. The van der Waals surface area contributed by atoms with Crippen molar-refractivity contribution in [1.82, 2.24) is 24.9 Å². The Bertz CT molecular complexity index is 2850. The lowest BCUT2D eigenvalue weighted by Crippen LogP contribution is -2.02. The minimum Gasteiger partial charge on any atom is -0.253 e. The van der Waals surface area contributed by atoms with Crippen LogP contribution in [0.25, 0.3) is 99.8 Å². The molecule has 0 saturated heterocycles. The van der Waals surface area contributed by atoms with Crippen molar-refractivity contribution in [3.05, 3.63) is 176 Å². The molecular formula is C47H29N5. The molecule has 10 rings (SSSR count). The van der Waals surface area contributed by atoms with Gasteiger partial charge in [-0.05, 0) is 95.7 Å². The molecule has 10 aromatic rings. The highest BCUT2D eigenvalue weighted by atomic mass is 15.1. The van der Waals surface area contributed by atoms with E-state index in [4.69, 9.17) is 15.0 Å². The predicted octanol–water partition coefficient (Wildman–Crippen LogP) is 11.6. The summed E-state index contributed by atoms with van der Waals surface area (Å²) < 4.78 is 0. The molecule has 52 heavy (non-hydrogen) atoms. The van der Waals surface area contributed by atoms with Gasteiger partial charge in [-0.3, -0.25) is 9.97 Å². The maximum absolute atomic E-state index is 5.01. The van der Waals surface area contributed by atoms with Gasteiger partial charge in [-0.2, -0.15) is 0 Å². The minimum absolute atomic E-state index is 0.495. The molecule has 3 aromatic heterocycles. The van der Waals surface area contributed by atoms with Gasteiger partial charge in [-0.15, -0.1) is 0 Å². The van der Waals surface area contributed by atoms with E-state index in [1.807, 2.05) is 36.4 Å². The Morgan fingerprint density at radius 1 is 0.308 bits per heavy atom. The summed E-state index contributed by atoms with van der Waals surface area (Å²) in [6.07, 6.45) is 3.51. The number of aromatic nitrogens is 5. The van der Waals surface area contributed by atoms with Gasteiger partial charge in [0.25, 0.3) is 0 Å². The van der Waals surface area contributed by atoms with Crippen molar-refractivity contribution < 1.29 is 0 Å². The number of hydrogen-bond donors (Lipinski definition) is 0. The monoisotopic (exact) mass is 663 g/mol. The van der Waals surface area contributed by atoms with Crippen molar-refractivity contribution in [3.63, 3.8) is 0 Å². The Kier molecular flexibility index (Phi) is 7.07. The van der Waals surface area contributed by atoms with Gasteiger partial charge in [0.1, 0.15) is 11.4 Å². The summed E-state index contributed by atoms with van der Waals surface area (Å²) >= 11 is 0. The van der Waals surface area contributed by atoms with Gasteiger partial charge in [0.05, 0.1) is 0 Å². The standard InChI is InChI=1S/C47H29N5/c1-2-15-32-30(13-1)14-11-20-33(32)41-29-31(45-50-46(42-23-7-9-27-48-42)52-47(51-45)43-24-8-10-28-49-43)25-26-37(41)40-22-12-21-39-36-17-4-3-16-34(36)35-18-5-6-19-38(35)44(39)40/h1-29H. The fourth-order valence-electron chi connectivity index (χ4n) is 7.51. The van der Waals surface area contributed by atoms with Crippen molar-refractivity contribution in [1.29, 1.82) is 0 Å². The topological polar surface area (TPSA) is 64.5 Å². The van der Waals surface area contributed by atoms with E-state index in [1.165, 1.54) is 48.7 Å². The molecule has 0 radical (unpaired) electrons. The average molecular weight is 664 g/mol. The zero-order chi connectivity index (χ0) is 34.4. The van der Waals surface area contributed by atoms with E-state index >= 15 is 0 Å². The van der Waals surface area contributed by atoms with Gasteiger partial charge in [0.2, 0.25) is 0 Å². The number of pyridine rings is 2. The van der Waals surface area contributed by atoms with Crippen LogP contribution in [0.2, 0.25) is 0 Å². The zero-order valence-corrected chi connectivity index (χ0v) is 28.0. The van der Waals surface area contributed by atoms with Crippen molar-refractivity contribution >= 4 is 43.1 Å². The molecule has 242 valence electrons. The Hall–Kier alpha value is -7.11. The second-order valence-corrected chi connectivity index (χ2v) is 12.8. The summed E-state index contributed by atoms with van der Waals surface area (Å²) in [6.45, 7) is 0. The summed E-state index contributed by atoms with van der Waals surface area (Å²) in [7, 11) is 0. The van der Waals surface area contributed by atoms with Gasteiger partial charge < -0.3 is 0 Å². The van der Waals surface area contributed by atoms with Crippen LogP contribution in [0.15, 0.2) is 176 Å². The van der Waals surface area contributed by atoms with Crippen LogP contribution >= 0.6 is 0 Å². The molecule has 0 bridgehead atoms. The summed E-state index contributed by atoms with van der Waals surface area (Å²) in [4.78, 5) is 24.0.